The molecule has 0 saturated heterocycles. The quantitative estimate of drug-likeness (QED) is 0.153. The summed E-state index contributed by atoms with van der Waals surface area (Å²) in [4.78, 5) is 20.0. The summed E-state index contributed by atoms with van der Waals surface area (Å²) in [5.74, 6) is -3.95. The predicted octanol–water partition coefficient (Wildman–Crippen LogP) is -10.0. The van der Waals surface area contributed by atoms with Crippen LogP contribution in [0.25, 0.3) is 0 Å². The predicted molar refractivity (Wildman–Crippen MR) is 78.0 cm³/mol. The van der Waals surface area contributed by atoms with Crippen LogP contribution in [0.2, 0.25) is 0 Å². The number of hydrogen-bond donors (Lipinski definition) is 10. The zero-order valence-corrected chi connectivity index (χ0v) is 13.8. The van der Waals surface area contributed by atoms with Crippen LogP contribution in [0.4, 0.5) is 0 Å². The van der Waals surface area contributed by atoms with Gasteiger partial charge in [-0.15, -0.1) is 0 Å². The largest absolute Gasteiger partial charge is 2.00 e. The van der Waals surface area contributed by atoms with Gasteiger partial charge in [0.15, 0.2) is 0 Å². The minimum Gasteiger partial charge on any atom is -0.547 e. The van der Waals surface area contributed by atoms with E-state index in [2.05, 4.69) is 0 Å². The van der Waals surface area contributed by atoms with Gasteiger partial charge in [0, 0.05) is 0 Å². The van der Waals surface area contributed by atoms with Crippen molar-refractivity contribution >= 4 is 22.1 Å². The Bertz CT molecular complexity index is 385. The van der Waals surface area contributed by atoms with Gasteiger partial charge in [-0.2, -0.15) is 0 Å². The molecule has 0 fully saturated rings. The van der Waals surface area contributed by atoms with E-state index in [1.54, 1.807) is 0 Å². The number of carbonyl (C=O) groups is 2. The van der Waals surface area contributed by atoms with Gasteiger partial charge >= 0.3 is 10.1 Å². The van der Waals surface area contributed by atoms with Gasteiger partial charge in [0.2, 0.25) is 0 Å². The Balaban J connectivity index is -0.000000411. The van der Waals surface area contributed by atoms with Gasteiger partial charge in [0.25, 0.3) is 0 Å². The first-order valence-electron chi connectivity index (χ1n) is 6.91. The van der Waals surface area contributed by atoms with Crippen LogP contribution in [-0.2, 0) is 9.59 Å². The molecule has 8 atom stereocenters. The Labute approximate surface area is 156 Å². The molecule has 0 spiro atoms. The molecule has 14 nitrogen and oxygen atoms in total. The first-order valence-corrected chi connectivity index (χ1v) is 6.91. The fourth-order valence-corrected chi connectivity index (χ4v) is 1.32. The molecule has 0 aliphatic heterocycles. The molecule has 15 heteroatoms. The van der Waals surface area contributed by atoms with Crippen LogP contribution in [0.5, 0.6) is 0 Å². The normalized spacial score (nSPS) is 19.6. The van der Waals surface area contributed by atoms with Gasteiger partial charge < -0.3 is 70.9 Å². The van der Waals surface area contributed by atoms with Crippen molar-refractivity contribution < 1.29 is 70.9 Å². The minimum absolute atomic E-state index is 0. The summed E-state index contributed by atoms with van der Waals surface area (Å²) in [6.07, 6.45) is -16.2. The van der Waals surface area contributed by atoms with Crippen LogP contribution >= 0.6 is 0 Å². The average Bonchev–Trinajstić information content (AvgIpc) is 2.62. The Hall–Kier alpha value is -1.29. The zero-order valence-electron chi connectivity index (χ0n) is 13.8. The number of aliphatic hydroxyl groups excluding tert-OH is 10. The van der Waals surface area contributed by atoms with Gasteiger partial charge in [-0.3, -0.25) is 0 Å². The molecule has 0 aromatic rings. The molecule has 0 aromatic heterocycles. The topological polar surface area (TPSA) is 283 Å². The fraction of sp³-hybridized carbons (Fsp3) is 0.833. The number of aliphatic carboxylic acids is 2. The standard InChI is InChI=1S/2C6H12O7.Be/c2*7-1-2(8)3(9)4(10)5(11)6(12)13;/h2*2-5,7-11H,1H2,(H,12,13);/q;;+2/p-2/t2*2-,3-,4+,5-;/m11./s1. The smallest absolute Gasteiger partial charge is 0.547 e. The molecule has 0 unspecified atom stereocenters. The first kappa shape index (κ1) is 30.4. The molecule has 0 rings (SSSR count). The van der Waals surface area contributed by atoms with Crippen LogP contribution in [0, 0.1) is 0 Å². The molecule has 156 valence electrons. The molecular weight excluding hydrogens is 377 g/mol. The number of carbonyl (C=O) groups excluding carboxylic acids is 2. The summed E-state index contributed by atoms with van der Waals surface area (Å²) in [6.45, 7) is -1.73. The maximum atomic E-state index is 9.98. The van der Waals surface area contributed by atoms with Gasteiger partial charge in [-0.1, -0.05) is 0 Å². The number of carboxylic acid groups (broad SMARTS) is 2. The Morgan fingerprint density at radius 1 is 0.593 bits per heavy atom. The van der Waals surface area contributed by atoms with Gasteiger partial charge in [0.05, 0.1) is 25.2 Å². The fourth-order valence-electron chi connectivity index (χ4n) is 1.32. The van der Waals surface area contributed by atoms with E-state index in [0.29, 0.717) is 0 Å². The Morgan fingerprint density at radius 3 is 0.963 bits per heavy atom. The summed E-state index contributed by atoms with van der Waals surface area (Å²) in [7, 11) is 0. The third-order valence-corrected chi connectivity index (χ3v) is 2.99. The van der Waals surface area contributed by atoms with Gasteiger partial charge in [-0.05, 0) is 0 Å². The number of rotatable bonds is 10. The summed E-state index contributed by atoms with van der Waals surface area (Å²) >= 11 is 0. The molecule has 0 amide bonds. The molecule has 0 aromatic carbocycles. The average molecular weight is 399 g/mol. The maximum absolute atomic E-state index is 9.98. The van der Waals surface area contributed by atoms with E-state index in [1.165, 1.54) is 0 Å². The van der Waals surface area contributed by atoms with Gasteiger partial charge in [0.1, 0.15) is 48.8 Å². The van der Waals surface area contributed by atoms with Crippen molar-refractivity contribution in [1.82, 2.24) is 0 Å². The number of hydrogen-bond acceptors (Lipinski definition) is 14. The second-order valence-electron chi connectivity index (χ2n) is 4.99. The van der Waals surface area contributed by atoms with E-state index in [-0.39, 0.29) is 10.1 Å². The zero-order chi connectivity index (χ0) is 21.2. The molecule has 0 aliphatic carbocycles. The van der Waals surface area contributed by atoms with E-state index >= 15 is 0 Å². The molecule has 0 heterocycles. The third-order valence-electron chi connectivity index (χ3n) is 2.99. The van der Waals surface area contributed by atoms with E-state index in [9.17, 15) is 19.8 Å². The molecule has 0 bridgehead atoms. The van der Waals surface area contributed by atoms with E-state index in [1.807, 2.05) is 0 Å². The maximum Gasteiger partial charge on any atom is 2.00 e. The van der Waals surface area contributed by atoms with Crippen molar-refractivity contribution in [2.75, 3.05) is 13.2 Å². The van der Waals surface area contributed by atoms with Crippen LogP contribution in [0.1, 0.15) is 0 Å². The summed E-state index contributed by atoms with van der Waals surface area (Å²) < 4.78 is 0. The molecule has 0 radical (unpaired) electrons. The van der Waals surface area contributed by atoms with Crippen LogP contribution in [0.15, 0.2) is 0 Å². The SMILES string of the molecule is O=C([O-])[C@H](O)[C@@H](O)[C@H](O)[C@H](O)CO.O=C([O-])[C@H](O)[C@@H](O)[C@H](O)[C@H](O)CO.[Be+2]. The molecule has 0 aliphatic rings. The summed E-state index contributed by atoms with van der Waals surface area (Å²) in [6, 6.07) is 0. The number of carboxylic acids is 2. The first-order chi connectivity index (χ1) is 11.8. The van der Waals surface area contributed by atoms with Crippen molar-refractivity contribution in [3.8, 4) is 0 Å². The van der Waals surface area contributed by atoms with E-state index < -0.39 is 74.0 Å². The second-order valence-corrected chi connectivity index (χ2v) is 4.99. The Morgan fingerprint density at radius 2 is 0.815 bits per heavy atom. The molecule has 0 saturated carbocycles. The van der Waals surface area contributed by atoms with Crippen molar-refractivity contribution in [1.29, 1.82) is 0 Å². The number of aliphatic hydroxyl groups is 10. The molecule has 10 N–H and O–H groups in total. The molecular formula is C12H22BeO14. The monoisotopic (exact) mass is 399 g/mol. The minimum atomic E-state index is -2.31. The molecule has 27 heavy (non-hydrogen) atoms. The van der Waals surface area contributed by atoms with Crippen molar-refractivity contribution in [2.24, 2.45) is 0 Å². The third kappa shape index (κ3) is 10.6. The van der Waals surface area contributed by atoms with Crippen molar-refractivity contribution in [3.63, 3.8) is 0 Å². The second kappa shape index (κ2) is 14.7. The van der Waals surface area contributed by atoms with Gasteiger partial charge in [-0.25, -0.2) is 0 Å². The van der Waals surface area contributed by atoms with Crippen LogP contribution < -0.4 is 10.2 Å². The van der Waals surface area contributed by atoms with E-state index in [4.69, 9.17) is 51.1 Å². The van der Waals surface area contributed by atoms with Crippen LogP contribution in [0.3, 0.4) is 0 Å². The van der Waals surface area contributed by atoms with Crippen molar-refractivity contribution in [3.05, 3.63) is 0 Å². The van der Waals surface area contributed by atoms with E-state index in [0.717, 1.165) is 0 Å². The Kier molecular flexibility index (Phi) is 16.6. The van der Waals surface area contributed by atoms with Crippen molar-refractivity contribution in [2.45, 2.75) is 48.8 Å². The summed E-state index contributed by atoms with van der Waals surface area (Å²) in [5, 5.41) is 107. The van der Waals surface area contributed by atoms with Crippen LogP contribution in [-0.4, -0.2) is 135 Å². The summed E-state index contributed by atoms with van der Waals surface area (Å²) in [5.41, 5.74) is 0.